The molecule has 0 aliphatic carbocycles. The Balaban J connectivity index is 0.000000494. The Bertz CT molecular complexity index is 471. The molecule has 1 aromatic rings. The first-order valence-corrected chi connectivity index (χ1v) is 8.08. The van der Waals surface area contributed by atoms with E-state index in [0.717, 1.165) is 12.7 Å². The first kappa shape index (κ1) is 17.0. The summed E-state index contributed by atoms with van der Waals surface area (Å²) in [5.74, 6) is 0. The fourth-order valence-electron chi connectivity index (χ4n) is 1.02. The van der Waals surface area contributed by atoms with E-state index in [1.807, 2.05) is 16.9 Å². The highest BCUT2D eigenvalue weighted by molar-refractivity contribution is 7.92. The Labute approximate surface area is 110 Å². The lowest BCUT2D eigenvalue weighted by Crippen LogP contribution is -2.09. The minimum atomic E-state index is -3.15. The molecule has 0 aliphatic rings. The number of anilines is 1. The van der Waals surface area contributed by atoms with Crippen molar-refractivity contribution in [2.24, 2.45) is 0 Å². The molecule has 0 amide bonds. The molecular weight excluding hydrogens is 276 g/mol. The monoisotopic (exact) mass is 293 g/mol. The fraction of sp³-hybridized carbons (Fsp3) is 0.400. The van der Waals surface area contributed by atoms with E-state index in [4.69, 9.17) is 0 Å². The summed E-state index contributed by atoms with van der Waals surface area (Å²) in [5, 5.41) is 0. The lowest BCUT2D eigenvalue weighted by atomic mass is 10.2. The number of rotatable bonds is 4. The molecule has 0 radical (unpaired) electrons. The van der Waals surface area contributed by atoms with Gasteiger partial charge < -0.3 is 4.55 Å². The molecule has 18 heavy (non-hydrogen) atoms. The van der Waals surface area contributed by atoms with Crippen molar-refractivity contribution < 1.29 is 17.2 Å². The highest BCUT2D eigenvalue weighted by atomic mass is 32.2. The predicted octanol–water partition coefficient (Wildman–Crippen LogP) is 0.620. The van der Waals surface area contributed by atoms with Gasteiger partial charge in [0, 0.05) is 17.0 Å². The van der Waals surface area contributed by atoms with E-state index < -0.39 is 21.3 Å². The van der Waals surface area contributed by atoms with Gasteiger partial charge in [0.05, 0.1) is 6.26 Å². The van der Waals surface area contributed by atoms with Gasteiger partial charge in [-0.15, -0.1) is 0 Å². The average Bonchev–Trinajstić information content (AvgIpc) is 2.29. The van der Waals surface area contributed by atoms with E-state index in [0.29, 0.717) is 5.69 Å². The van der Waals surface area contributed by atoms with Crippen molar-refractivity contribution in [2.45, 2.75) is 13.3 Å². The van der Waals surface area contributed by atoms with Crippen LogP contribution in [0.25, 0.3) is 0 Å². The van der Waals surface area contributed by atoms with Gasteiger partial charge in [0.25, 0.3) is 0 Å². The molecule has 1 atom stereocenters. The van der Waals surface area contributed by atoms with E-state index in [9.17, 15) is 17.2 Å². The van der Waals surface area contributed by atoms with Crippen LogP contribution >= 0.6 is 0 Å². The second-order valence-electron chi connectivity index (χ2n) is 3.36. The second kappa shape index (κ2) is 8.20. The van der Waals surface area contributed by atoms with Crippen molar-refractivity contribution in [1.29, 1.82) is 0 Å². The summed E-state index contributed by atoms with van der Waals surface area (Å²) < 4.78 is 44.6. The third kappa shape index (κ3) is 9.11. The number of benzene rings is 1. The van der Waals surface area contributed by atoms with Crippen LogP contribution in [0.5, 0.6) is 0 Å². The predicted molar refractivity (Wildman–Crippen MR) is 72.3 cm³/mol. The van der Waals surface area contributed by atoms with E-state index in [1.54, 1.807) is 12.1 Å². The highest BCUT2D eigenvalue weighted by Gasteiger charge is 2.00. The zero-order valence-corrected chi connectivity index (χ0v) is 12.1. The lowest BCUT2D eigenvalue weighted by molar-refractivity contribution is 0.529. The van der Waals surface area contributed by atoms with Gasteiger partial charge in [-0.3, -0.25) is 13.7 Å². The number of hydrogen-bond donors (Lipinski definition) is 2. The summed E-state index contributed by atoms with van der Waals surface area (Å²) in [5.41, 5.74) is 1.80. The summed E-state index contributed by atoms with van der Waals surface area (Å²) in [6.45, 7) is 2.05. The Morgan fingerprint density at radius 1 is 1.28 bits per heavy atom. The Kier molecular flexibility index (Phi) is 7.76. The fourth-order valence-corrected chi connectivity index (χ4v) is 1.59. The van der Waals surface area contributed by atoms with Gasteiger partial charge in [-0.05, 0) is 31.2 Å². The molecule has 2 N–H and O–H groups in total. The summed E-state index contributed by atoms with van der Waals surface area (Å²) >= 11 is -2.07. The molecule has 0 saturated carbocycles. The number of aryl methyl sites for hydroxylation is 1. The Morgan fingerprint density at radius 2 is 1.72 bits per heavy atom. The van der Waals surface area contributed by atoms with Crippen LogP contribution in [0.15, 0.2) is 24.3 Å². The molecule has 104 valence electrons. The van der Waals surface area contributed by atoms with Crippen LogP contribution in [0.3, 0.4) is 0 Å². The van der Waals surface area contributed by atoms with Crippen LogP contribution in [0.2, 0.25) is 0 Å². The van der Waals surface area contributed by atoms with Crippen LogP contribution in [0.1, 0.15) is 12.5 Å². The molecule has 1 rings (SSSR count). The molecule has 1 unspecified atom stereocenters. The minimum absolute atomic E-state index is 0.611. The van der Waals surface area contributed by atoms with Crippen molar-refractivity contribution >= 4 is 27.0 Å². The molecule has 8 heteroatoms. The lowest BCUT2D eigenvalue weighted by Gasteiger charge is -2.03. The van der Waals surface area contributed by atoms with Gasteiger partial charge in [-0.1, -0.05) is 19.1 Å². The molecule has 0 aromatic heterocycles. The maximum atomic E-state index is 10.8. The first-order chi connectivity index (χ1) is 8.28. The SMILES string of the molecule is CCc1ccc(NS(C)(=O)=O)cc1.CNS(=O)[O-]. The van der Waals surface area contributed by atoms with Crippen molar-refractivity contribution in [2.75, 3.05) is 18.0 Å². The molecule has 6 nitrogen and oxygen atoms in total. The van der Waals surface area contributed by atoms with Crippen LogP contribution < -0.4 is 9.44 Å². The third-order valence-electron chi connectivity index (χ3n) is 1.83. The standard InChI is InChI=1S/C9H13NO2S.CH5NO2S/c1-3-8-4-6-9(7-5-8)10-13(2,11)12;1-2-5(3)4/h4-7,10H,3H2,1-2H3;2H,1H3,(H,3,4)/p-1. The molecule has 0 heterocycles. The minimum Gasteiger partial charge on any atom is -0.760 e. The normalized spacial score (nSPS) is 12.2. The van der Waals surface area contributed by atoms with E-state index >= 15 is 0 Å². The highest BCUT2D eigenvalue weighted by Crippen LogP contribution is 2.10. The molecule has 0 fully saturated rings. The Morgan fingerprint density at radius 3 is 2.00 bits per heavy atom. The second-order valence-corrected chi connectivity index (χ2v) is 5.99. The zero-order valence-electron chi connectivity index (χ0n) is 10.5. The molecule has 0 saturated heterocycles. The number of sulfonamides is 1. The summed E-state index contributed by atoms with van der Waals surface area (Å²) in [6.07, 6.45) is 2.10. The van der Waals surface area contributed by atoms with Crippen LogP contribution in [-0.2, 0) is 27.7 Å². The van der Waals surface area contributed by atoms with Crippen LogP contribution in [0.4, 0.5) is 5.69 Å². The van der Waals surface area contributed by atoms with E-state index in [2.05, 4.69) is 11.6 Å². The molecule has 0 bridgehead atoms. The van der Waals surface area contributed by atoms with Crippen LogP contribution in [0, 0.1) is 0 Å². The molecule has 0 aliphatic heterocycles. The Hall–Kier alpha value is -0.960. The van der Waals surface area contributed by atoms with Gasteiger partial charge in [0.1, 0.15) is 0 Å². The smallest absolute Gasteiger partial charge is 0.229 e. The maximum Gasteiger partial charge on any atom is 0.229 e. The summed E-state index contributed by atoms with van der Waals surface area (Å²) in [6, 6.07) is 7.35. The van der Waals surface area contributed by atoms with Crippen molar-refractivity contribution in [3.05, 3.63) is 29.8 Å². The summed E-state index contributed by atoms with van der Waals surface area (Å²) in [4.78, 5) is 0. The molecular formula is C10H17N2O4S2-. The van der Waals surface area contributed by atoms with Crippen LogP contribution in [-0.4, -0.2) is 30.5 Å². The zero-order chi connectivity index (χ0) is 14.2. The maximum absolute atomic E-state index is 10.8. The third-order valence-corrected chi connectivity index (χ3v) is 2.77. The van der Waals surface area contributed by atoms with Gasteiger partial charge in [0.2, 0.25) is 10.0 Å². The van der Waals surface area contributed by atoms with Gasteiger partial charge in [0.15, 0.2) is 0 Å². The van der Waals surface area contributed by atoms with Crippen molar-refractivity contribution in [3.8, 4) is 0 Å². The largest absolute Gasteiger partial charge is 0.760 e. The molecule has 0 spiro atoms. The van der Waals surface area contributed by atoms with Gasteiger partial charge >= 0.3 is 0 Å². The van der Waals surface area contributed by atoms with E-state index in [1.165, 1.54) is 12.6 Å². The number of nitrogens with one attached hydrogen (secondary N) is 2. The number of hydrogen-bond acceptors (Lipinski definition) is 4. The first-order valence-electron chi connectivity index (χ1n) is 5.12. The average molecular weight is 293 g/mol. The van der Waals surface area contributed by atoms with Crippen molar-refractivity contribution in [1.82, 2.24) is 4.72 Å². The quantitative estimate of drug-likeness (QED) is 0.795. The van der Waals surface area contributed by atoms with Crippen molar-refractivity contribution in [3.63, 3.8) is 0 Å². The van der Waals surface area contributed by atoms with Gasteiger partial charge in [-0.25, -0.2) is 8.42 Å². The molecule has 1 aromatic carbocycles. The van der Waals surface area contributed by atoms with Gasteiger partial charge in [-0.2, -0.15) is 0 Å². The topological polar surface area (TPSA) is 98.3 Å². The van der Waals surface area contributed by atoms with E-state index in [-0.39, 0.29) is 0 Å². The summed E-state index contributed by atoms with van der Waals surface area (Å²) in [7, 11) is -1.81.